The number of rotatable bonds is 20. The molecule has 17 aromatic rings. The lowest BCUT2D eigenvalue weighted by atomic mass is 9.67. The third kappa shape index (κ3) is 11.8. The second-order valence-electron chi connectivity index (χ2n) is 29.9. The second kappa shape index (κ2) is 28.3. The number of hydrogen-bond acceptors (Lipinski definition) is 7. The lowest BCUT2D eigenvalue weighted by molar-refractivity contribution is 0.481. The van der Waals surface area contributed by atoms with Gasteiger partial charge in [0.2, 0.25) is 0 Å². The van der Waals surface area contributed by atoms with E-state index in [2.05, 4.69) is 272 Å². The van der Waals surface area contributed by atoms with Crippen LogP contribution in [-0.2, 0) is 10.8 Å². The Morgan fingerprint density at radius 3 is 0.823 bits per heavy atom. The summed E-state index contributed by atoms with van der Waals surface area (Å²) in [7, 11) is 0. The van der Waals surface area contributed by atoms with Gasteiger partial charge < -0.3 is 18.9 Å². The average molecular weight is 1480 g/mol. The van der Waals surface area contributed by atoms with Crippen LogP contribution >= 0.6 is 11.3 Å². The van der Waals surface area contributed by atoms with E-state index in [1.54, 1.807) is 11.3 Å². The van der Waals surface area contributed by atoms with Gasteiger partial charge in [-0.25, -0.2) is 9.97 Å². The Hall–Kier alpha value is -13.7. The van der Waals surface area contributed by atoms with Crippen LogP contribution in [0.2, 0.25) is 0 Å². The smallest absolute Gasteiger partial charge is 0.127 e. The molecule has 2 aliphatic carbocycles. The van der Waals surface area contributed by atoms with Crippen molar-refractivity contribution in [3.05, 3.63) is 420 Å². The Bertz CT molecular complexity index is 6040. The third-order valence-corrected chi connectivity index (χ3v) is 24.2. The highest BCUT2D eigenvalue weighted by atomic mass is 32.1. The molecule has 19 rings (SSSR count). The number of fused-ring (bicyclic) bond motifs is 13. The summed E-state index contributed by atoms with van der Waals surface area (Å²) in [5.74, 6) is 6.47. The molecule has 542 valence electrons. The zero-order valence-corrected chi connectivity index (χ0v) is 64.1. The predicted octanol–water partition coefficient (Wildman–Crippen LogP) is 29.2. The van der Waals surface area contributed by atoms with Gasteiger partial charge in [-0.2, -0.15) is 0 Å². The molecule has 15 aromatic carbocycles. The maximum Gasteiger partial charge on any atom is 0.127 e. The first-order valence-electron chi connectivity index (χ1n) is 38.5. The predicted molar refractivity (Wildman–Crippen MR) is 470 cm³/mol. The fourth-order valence-electron chi connectivity index (χ4n) is 17.3. The fourth-order valence-corrected chi connectivity index (χ4v) is 18.6. The molecular formula is C106H78N2O4S. The number of ether oxygens (including phenoxy) is 4. The maximum atomic E-state index is 6.61. The molecule has 7 heteroatoms. The topological polar surface area (TPSA) is 62.7 Å². The maximum absolute atomic E-state index is 6.61. The van der Waals surface area contributed by atoms with Crippen LogP contribution in [0.1, 0.15) is 117 Å². The minimum Gasteiger partial charge on any atom is -0.457 e. The lowest BCUT2D eigenvalue weighted by Crippen LogP contribution is -2.28. The van der Waals surface area contributed by atoms with E-state index in [1.807, 2.05) is 121 Å². The Kier molecular flexibility index (Phi) is 17.5. The summed E-state index contributed by atoms with van der Waals surface area (Å²) in [6, 6.07) is 113. The zero-order valence-electron chi connectivity index (χ0n) is 63.3. The molecule has 0 amide bonds. The van der Waals surface area contributed by atoms with E-state index in [9.17, 15) is 0 Å². The summed E-state index contributed by atoms with van der Waals surface area (Å²) >= 11 is 1.79. The van der Waals surface area contributed by atoms with Gasteiger partial charge in [0.25, 0.3) is 0 Å². The van der Waals surface area contributed by atoms with Crippen molar-refractivity contribution in [1.82, 2.24) is 9.97 Å². The molecule has 0 saturated heterocycles. The molecule has 113 heavy (non-hydrogen) atoms. The van der Waals surface area contributed by atoms with E-state index in [4.69, 9.17) is 28.9 Å². The first-order valence-corrected chi connectivity index (χ1v) is 39.4. The Labute approximate surface area is 662 Å². The van der Waals surface area contributed by atoms with E-state index in [-0.39, 0.29) is 0 Å². The Balaban J connectivity index is 0.858. The van der Waals surface area contributed by atoms with Crippen LogP contribution in [0.4, 0.5) is 0 Å². The molecule has 2 aliphatic rings. The van der Waals surface area contributed by atoms with E-state index in [1.165, 1.54) is 21.9 Å². The molecule has 0 aliphatic heterocycles. The molecule has 0 atom stereocenters. The summed E-state index contributed by atoms with van der Waals surface area (Å²) in [5.41, 5.74) is 23.9. The van der Waals surface area contributed by atoms with Gasteiger partial charge >= 0.3 is 0 Å². The number of nitrogens with zero attached hydrogens (tertiary/aromatic N) is 2. The number of aromatic nitrogens is 2. The van der Waals surface area contributed by atoms with Crippen LogP contribution in [0.5, 0.6) is 46.0 Å². The quantitative estimate of drug-likeness (QED) is 0.0709. The van der Waals surface area contributed by atoms with Gasteiger partial charge in [0.15, 0.2) is 0 Å². The number of benzene rings is 15. The summed E-state index contributed by atoms with van der Waals surface area (Å²) < 4.78 is 26.4. The van der Waals surface area contributed by atoms with Gasteiger partial charge in [0.05, 0.1) is 31.6 Å². The molecule has 0 spiro atoms. The molecule has 0 bridgehead atoms. The average Bonchev–Trinajstić information content (AvgIpc) is 1.52. The van der Waals surface area contributed by atoms with Crippen molar-refractivity contribution in [3.63, 3.8) is 0 Å². The number of hydrogen-bond donors (Lipinski definition) is 0. The van der Waals surface area contributed by atoms with Crippen molar-refractivity contribution in [3.8, 4) is 89.1 Å². The first-order chi connectivity index (χ1) is 55.4. The standard InChI is InChI=1S/C106H78N2O4S/c1-9-67-27-45-77(46-28-67)109-81-53-37-73(38-54-81)105(74-39-55-82(56-40-74)110-78-47-29-68(10-2)30-48-78)93-23-15-13-19-87(93)97-89(21-17-25-95(97)105)103-101-102(108-100-86-62-36-72(66(7)8)64-92(86)91-63-71(65(5)6)35-61-85(91)99(100)107-101)104(113-103)90-22-18-26-96-98(90)88-20-14-16-24-94(88)106(96,75-41-57-83(58-42-75)111-79-49-31-69(11-3)32-50-79)76-43-59-84(60-44-76)112-80-51-33-70(12-4)34-52-80/h9-66H,1-4H2,5-8H3. The Morgan fingerprint density at radius 1 is 0.274 bits per heavy atom. The highest BCUT2D eigenvalue weighted by Gasteiger charge is 2.49. The summed E-state index contributed by atoms with van der Waals surface area (Å²) in [6.45, 7) is 25.0. The van der Waals surface area contributed by atoms with Crippen molar-refractivity contribution in [2.24, 2.45) is 0 Å². The molecule has 0 radical (unpaired) electrons. The van der Waals surface area contributed by atoms with Gasteiger partial charge in [0, 0.05) is 21.9 Å². The molecular weight excluding hydrogens is 1400 g/mol. The first kappa shape index (κ1) is 69.7. The highest BCUT2D eigenvalue weighted by molar-refractivity contribution is 7.21. The van der Waals surface area contributed by atoms with Crippen molar-refractivity contribution in [1.29, 1.82) is 0 Å². The Morgan fingerprint density at radius 2 is 0.540 bits per heavy atom. The van der Waals surface area contributed by atoms with E-state index in [0.29, 0.717) is 11.8 Å². The van der Waals surface area contributed by atoms with E-state index < -0.39 is 10.8 Å². The van der Waals surface area contributed by atoms with E-state index >= 15 is 0 Å². The second-order valence-corrected chi connectivity index (χ2v) is 31.0. The summed E-state index contributed by atoms with van der Waals surface area (Å²) in [5, 5.41) is 4.48. The zero-order chi connectivity index (χ0) is 76.6. The molecule has 0 N–H and O–H groups in total. The SMILES string of the molecule is C=Cc1ccc(Oc2ccc(C3(c4ccc(Oc5ccc(C=C)cc5)cc4)c4ccccc4-c4c(-c5sc(-c6cccc7c6-c6ccccc6C7(c6ccc(Oc7ccc(C=C)cc7)cc6)c6ccc(Oc7ccc(C=C)cc7)cc6)c6nc7c8ccc(C(C)C)cc8c8cc(C(C)C)ccc8c7nc56)cccc43)cc2)cc1. The van der Waals surface area contributed by atoms with Gasteiger partial charge in [-0.15, -0.1) is 11.3 Å². The largest absolute Gasteiger partial charge is 0.457 e. The van der Waals surface area contributed by atoms with Crippen molar-refractivity contribution in [2.75, 3.05) is 0 Å². The van der Waals surface area contributed by atoms with Gasteiger partial charge in [-0.3, -0.25) is 0 Å². The number of thiophene rings is 1. The molecule has 2 aromatic heterocycles. The van der Waals surface area contributed by atoms with Crippen LogP contribution in [-0.4, -0.2) is 9.97 Å². The van der Waals surface area contributed by atoms with Crippen LogP contribution in [0.3, 0.4) is 0 Å². The monoisotopic (exact) mass is 1470 g/mol. The van der Waals surface area contributed by atoms with Crippen LogP contribution in [0, 0.1) is 0 Å². The highest BCUT2D eigenvalue weighted by Crippen LogP contribution is 2.63. The summed E-state index contributed by atoms with van der Waals surface area (Å²) in [4.78, 5) is 14.4. The van der Waals surface area contributed by atoms with Crippen molar-refractivity contribution < 1.29 is 18.9 Å². The van der Waals surface area contributed by atoms with Gasteiger partial charge in [-0.05, 0) is 220 Å². The molecule has 0 unspecified atom stereocenters. The van der Waals surface area contributed by atoms with Crippen LogP contribution < -0.4 is 18.9 Å². The van der Waals surface area contributed by atoms with Crippen LogP contribution in [0.25, 0.3) is 111 Å². The third-order valence-electron chi connectivity index (χ3n) is 22.9. The minimum atomic E-state index is -0.849. The summed E-state index contributed by atoms with van der Waals surface area (Å²) in [6.07, 6.45) is 7.37. The van der Waals surface area contributed by atoms with Crippen LogP contribution in [0.15, 0.2) is 342 Å². The van der Waals surface area contributed by atoms with Crippen molar-refractivity contribution in [2.45, 2.75) is 50.4 Å². The van der Waals surface area contributed by atoms with Crippen molar-refractivity contribution >= 4 is 79.3 Å². The van der Waals surface area contributed by atoms with Gasteiger partial charge in [-0.1, -0.05) is 297 Å². The molecule has 2 heterocycles. The van der Waals surface area contributed by atoms with Gasteiger partial charge in [0.1, 0.15) is 57.0 Å². The molecule has 6 nitrogen and oxygen atoms in total. The normalized spacial score (nSPS) is 12.9. The molecule has 0 fully saturated rings. The minimum absolute atomic E-state index is 0.308. The molecule has 0 saturated carbocycles. The lowest BCUT2D eigenvalue weighted by Gasteiger charge is -2.34. The van der Waals surface area contributed by atoms with E-state index in [0.717, 1.165) is 189 Å². The fraction of sp³-hybridized carbons (Fsp3) is 0.0755.